The lowest BCUT2D eigenvalue weighted by molar-refractivity contribution is -0.141. The van der Waals surface area contributed by atoms with Gasteiger partial charge in [-0.3, -0.25) is 4.79 Å². The summed E-state index contributed by atoms with van der Waals surface area (Å²) in [5.41, 5.74) is 4.54. The number of halogens is 4. The monoisotopic (exact) mass is 472 g/mol. The normalized spacial score (nSPS) is 14.4. The molecule has 7 nitrogen and oxygen atoms in total. The van der Waals surface area contributed by atoms with Gasteiger partial charge in [-0.15, -0.1) is 0 Å². The molecule has 3 rings (SSSR count). The van der Waals surface area contributed by atoms with E-state index in [1.54, 1.807) is 6.08 Å². The van der Waals surface area contributed by atoms with Crippen LogP contribution in [0.15, 0.2) is 11.6 Å². The molecule has 0 unspecified atom stereocenters. The van der Waals surface area contributed by atoms with Crippen LogP contribution in [-0.4, -0.2) is 36.2 Å². The molecule has 0 radical (unpaired) electrons. The number of piperidine rings is 1. The van der Waals surface area contributed by atoms with Gasteiger partial charge in [0.2, 0.25) is 0 Å². The number of nitrogens with one attached hydrogen (secondary N) is 3. The predicted molar refractivity (Wildman–Crippen MR) is 118 cm³/mol. The molecular formula is C22H28F4N4O3. The van der Waals surface area contributed by atoms with Gasteiger partial charge in [-0.1, -0.05) is 11.6 Å². The number of carbonyl (C=O) groups is 2. The zero-order valence-corrected chi connectivity index (χ0v) is 18.9. The first-order chi connectivity index (χ1) is 15.2. The number of H-pyrrole nitrogens is 1. The third-order valence-electron chi connectivity index (χ3n) is 4.85. The van der Waals surface area contributed by atoms with Gasteiger partial charge in [-0.25, -0.2) is 9.18 Å². The number of nitrogens with two attached hydrogens (primary N) is 1. The smallest absolute Gasteiger partial charge is 0.431 e. The van der Waals surface area contributed by atoms with Gasteiger partial charge in [-0.2, -0.15) is 13.2 Å². The number of aryl methyl sites for hydroxylation is 1. The second-order valence-corrected chi connectivity index (χ2v) is 8.56. The maximum Gasteiger partial charge on any atom is 0.431 e. The summed E-state index contributed by atoms with van der Waals surface area (Å²) in [5.74, 6) is -0.719. The molecule has 11 heteroatoms. The summed E-state index contributed by atoms with van der Waals surface area (Å²) in [7, 11) is 0. The molecule has 0 atom stereocenters. The standard InChI is InChI=1S/C17H18F4N4O.C5H10O2/c1-8-13-10(6-9-2-4-23-5-3-9)11(18)7-12(24-16(22)26)14(13)25-15(8)17(19,20)21;1-5(2,3)7-4-6/h6-7,23,25H,2-5H2,1H3,(H3,22,24,26);4H,1-3H3. The van der Waals surface area contributed by atoms with Gasteiger partial charge in [0.1, 0.15) is 17.1 Å². The first-order valence-corrected chi connectivity index (χ1v) is 10.2. The van der Waals surface area contributed by atoms with E-state index in [-0.39, 0.29) is 33.3 Å². The van der Waals surface area contributed by atoms with Gasteiger partial charge in [0.25, 0.3) is 6.47 Å². The van der Waals surface area contributed by atoms with Crippen LogP contribution in [-0.2, 0) is 15.7 Å². The van der Waals surface area contributed by atoms with Crippen LogP contribution >= 0.6 is 0 Å². The summed E-state index contributed by atoms with van der Waals surface area (Å²) >= 11 is 0. The number of alkyl halides is 3. The van der Waals surface area contributed by atoms with E-state index in [0.717, 1.165) is 24.7 Å². The minimum atomic E-state index is -4.64. The van der Waals surface area contributed by atoms with Crippen molar-refractivity contribution in [2.24, 2.45) is 5.73 Å². The van der Waals surface area contributed by atoms with Crippen molar-refractivity contribution in [3.8, 4) is 0 Å². The Morgan fingerprint density at radius 1 is 1.21 bits per heavy atom. The maximum absolute atomic E-state index is 14.7. The highest BCUT2D eigenvalue weighted by molar-refractivity contribution is 6.04. The summed E-state index contributed by atoms with van der Waals surface area (Å²) in [6.07, 6.45) is -1.65. The van der Waals surface area contributed by atoms with Gasteiger partial charge in [0.15, 0.2) is 0 Å². The fourth-order valence-electron chi connectivity index (χ4n) is 3.43. The highest BCUT2D eigenvalue weighted by atomic mass is 19.4. The highest BCUT2D eigenvalue weighted by Gasteiger charge is 2.36. The van der Waals surface area contributed by atoms with Crippen LogP contribution in [0.1, 0.15) is 50.4 Å². The number of urea groups is 1. The third kappa shape index (κ3) is 6.95. The molecular weight excluding hydrogens is 444 g/mol. The molecule has 1 aromatic carbocycles. The van der Waals surface area contributed by atoms with Crippen molar-refractivity contribution < 1.29 is 31.9 Å². The molecule has 0 bridgehead atoms. The number of hydrogen-bond acceptors (Lipinski definition) is 4. The summed E-state index contributed by atoms with van der Waals surface area (Å²) in [6, 6.07) is -0.00705. The molecule has 2 amide bonds. The van der Waals surface area contributed by atoms with E-state index < -0.39 is 23.7 Å². The second kappa shape index (κ2) is 10.2. The third-order valence-corrected chi connectivity index (χ3v) is 4.85. The second-order valence-electron chi connectivity index (χ2n) is 8.56. The Morgan fingerprint density at radius 2 is 1.82 bits per heavy atom. The fraction of sp³-hybridized carbons (Fsp3) is 0.455. The van der Waals surface area contributed by atoms with Gasteiger partial charge in [-0.05, 0) is 59.2 Å². The zero-order valence-electron chi connectivity index (χ0n) is 18.9. The Kier molecular flexibility index (Phi) is 8.12. The van der Waals surface area contributed by atoms with Crippen LogP contribution in [0.4, 0.5) is 28.0 Å². The van der Waals surface area contributed by atoms with E-state index in [2.05, 4.69) is 20.4 Å². The number of rotatable bonds is 3. The fourth-order valence-corrected chi connectivity index (χ4v) is 3.43. The Hall–Kier alpha value is -3.08. The van der Waals surface area contributed by atoms with Gasteiger partial charge in [0, 0.05) is 17.0 Å². The number of aromatic nitrogens is 1. The number of carbonyl (C=O) groups excluding carboxylic acids is 2. The number of anilines is 1. The first-order valence-electron chi connectivity index (χ1n) is 10.2. The summed E-state index contributed by atoms with van der Waals surface area (Å²) < 4.78 is 59.2. The summed E-state index contributed by atoms with van der Waals surface area (Å²) in [5, 5.41) is 5.44. The Balaban J connectivity index is 0.000000479. The van der Waals surface area contributed by atoms with Crippen LogP contribution in [0.2, 0.25) is 0 Å². The average Bonchev–Trinajstić information content (AvgIpc) is 3.03. The molecule has 2 heterocycles. The Bertz CT molecular complexity index is 1040. The lowest BCUT2D eigenvalue weighted by Crippen LogP contribution is -2.23. The van der Waals surface area contributed by atoms with Crippen molar-refractivity contribution in [3.63, 3.8) is 0 Å². The van der Waals surface area contributed by atoms with Gasteiger partial charge in [0.05, 0.1) is 11.2 Å². The molecule has 5 N–H and O–H groups in total. The Labute approximate surface area is 188 Å². The van der Waals surface area contributed by atoms with Crippen LogP contribution in [0, 0.1) is 12.7 Å². The molecule has 33 heavy (non-hydrogen) atoms. The molecule has 2 aromatic rings. The minimum absolute atomic E-state index is 0.00388. The Morgan fingerprint density at radius 3 is 2.27 bits per heavy atom. The quantitative estimate of drug-likeness (QED) is 0.378. The molecule has 0 saturated carbocycles. The number of primary amides is 1. The minimum Gasteiger partial charge on any atom is -0.462 e. The lowest BCUT2D eigenvalue weighted by atomic mass is 9.97. The average molecular weight is 472 g/mol. The zero-order chi connectivity index (χ0) is 25.0. The van der Waals surface area contributed by atoms with Gasteiger partial charge >= 0.3 is 12.2 Å². The lowest BCUT2D eigenvalue weighted by Gasteiger charge is -2.16. The van der Waals surface area contributed by atoms with Crippen molar-refractivity contribution in [2.75, 3.05) is 18.4 Å². The number of fused-ring (bicyclic) bond motifs is 1. The van der Waals surface area contributed by atoms with E-state index in [0.29, 0.717) is 19.3 Å². The number of hydrogen-bond donors (Lipinski definition) is 4. The molecule has 1 fully saturated rings. The van der Waals surface area contributed by atoms with Gasteiger partial charge < -0.3 is 26.1 Å². The molecule has 1 aliphatic rings. The number of ether oxygens (including phenoxy) is 1. The van der Waals surface area contributed by atoms with E-state index in [9.17, 15) is 27.2 Å². The van der Waals surface area contributed by atoms with Crippen LogP contribution in [0.5, 0.6) is 0 Å². The molecule has 0 aliphatic carbocycles. The van der Waals surface area contributed by atoms with Crippen LogP contribution in [0.25, 0.3) is 17.0 Å². The first kappa shape index (κ1) is 26.2. The number of amides is 2. The predicted octanol–water partition coefficient (Wildman–Crippen LogP) is 4.85. The van der Waals surface area contributed by atoms with Crippen LogP contribution in [0.3, 0.4) is 0 Å². The maximum atomic E-state index is 14.7. The SMILES string of the molecule is CC(C)(C)OC=O.Cc1c(C(F)(F)F)[nH]c2c(NC(N)=O)cc(F)c(C=C3CCNCC3)c12. The largest absolute Gasteiger partial charge is 0.462 e. The molecule has 1 saturated heterocycles. The molecule has 0 spiro atoms. The van der Waals surface area contributed by atoms with Crippen molar-refractivity contribution >= 4 is 35.2 Å². The topological polar surface area (TPSA) is 109 Å². The summed E-state index contributed by atoms with van der Waals surface area (Å²) in [4.78, 5) is 23.0. The van der Waals surface area contributed by atoms with Crippen molar-refractivity contribution in [1.82, 2.24) is 10.3 Å². The molecule has 1 aliphatic heterocycles. The van der Waals surface area contributed by atoms with E-state index in [4.69, 9.17) is 5.73 Å². The van der Waals surface area contributed by atoms with E-state index in [1.165, 1.54) is 6.92 Å². The van der Waals surface area contributed by atoms with Crippen molar-refractivity contribution in [1.29, 1.82) is 0 Å². The van der Waals surface area contributed by atoms with Crippen LogP contribution < -0.4 is 16.4 Å². The summed E-state index contributed by atoms with van der Waals surface area (Å²) in [6.45, 7) is 8.67. The van der Waals surface area contributed by atoms with E-state index in [1.807, 2.05) is 20.8 Å². The molecule has 1 aromatic heterocycles. The van der Waals surface area contributed by atoms with Crippen molar-refractivity contribution in [3.05, 3.63) is 34.3 Å². The van der Waals surface area contributed by atoms with Crippen molar-refractivity contribution in [2.45, 2.75) is 52.3 Å². The molecule has 182 valence electrons. The van der Waals surface area contributed by atoms with E-state index >= 15 is 0 Å². The number of benzene rings is 1. The highest BCUT2D eigenvalue weighted by Crippen LogP contribution is 2.40. The number of aromatic amines is 1.